The lowest BCUT2D eigenvalue weighted by atomic mass is 9.84. The summed E-state index contributed by atoms with van der Waals surface area (Å²) in [5.74, 6) is -0.233. The predicted octanol–water partition coefficient (Wildman–Crippen LogP) is 4.00. The average Bonchev–Trinajstić information content (AvgIpc) is 3.14. The molecule has 1 aliphatic heterocycles. The molecular formula is C25H29FN2O3. The van der Waals surface area contributed by atoms with Gasteiger partial charge in [-0.1, -0.05) is 30.3 Å². The molecular weight excluding hydrogens is 395 g/mol. The molecule has 1 aliphatic carbocycles. The molecule has 5 nitrogen and oxygen atoms in total. The number of nitrogens with one attached hydrogen (secondary N) is 2. The lowest BCUT2D eigenvalue weighted by Crippen LogP contribution is -2.44. The minimum atomic E-state index is -0.498. The van der Waals surface area contributed by atoms with Gasteiger partial charge in [-0.05, 0) is 67.3 Å². The molecule has 2 N–H and O–H groups in total. The Morgan fingerprint density at radius 1 is 1.26 bits per heavy atom. The van der Waals surface area contributed by atoms with Crippen molar-refractivity contribution < 1.29 is 18.7 Å². The van der Waals surface area contributed by atoms with Gasteiger partial charge in [-0.2, -0.15) is 0 Å². The number of hydrogen-bond acceptors (Lipinski definition) is 3. The van der Waals surface area contributed by atoms with Crippen molar-refractivity contribution in [2.24, 2.45) is 0 Å². The van der Waals surface area contributed by atoms with Crippen molar-refractivity contribution in [3.63, 3.8) is 0 Å². The molecule has 0 unspecified atom stereocenters. The first-order valence-electron chi connectivity index (χ1n) is 11.0. The number of aryl methyl sites for hydroxylation is 1. The number of ether oxygens (including phenoxy) is 1. The van der Waals surface area contributed by atoms with Gasteiger partial charge in [0.05, 0.1) is 13.2 Å². The number of benzene rings is 2. The molecule has 0 bridgehead atoms. The number of hydrogen-bond donors (Lipinski definition) is 2. The summed E-state index contributed by atoms with van der Waals surface area (Å²) in [6, 6.07) is 13.1. The number of rotatable bonds is 7. The highest BCUT2D eigenvalue weighted by Crippen LogP contribution is 2.32. The number of halogens is 1. The molecule has 0 aromatic heterocycles. The highest BCUT2D eigenvalue weighted by atomic mass is 19.1. The van der Waals surface area contributed by atoms with E-state index in [1.165, 1.54) is 24.3 Å². The summed E-state index contributed by atoms with van der Waals surface area (Å²) in [5.41, 5.74) is 2.90. The smallest absolute Gasteiger partial charge is 0.220 e. The zero-order valence-corrected chi connectivity index (χ0v) is 17.9. The van der Waals surface area contributed by atoms with Gasteiger partial charge in [0.1, 0.15) is 0 Å². The van der Waals surface area contributed by atoms with Crippen molar-refractivity contribution in [3.8, 4) is 5.75 Å². The highest BCUT2D eigenvalue weighted by molar-refractivity contribution is 5.80. The topological polar surface area (TPSA) is 67.4 Å². The summed E-state index contributed by atoms with van der Waals surface area (Å²) in [5, 5.41) is 6.28. The molecule has 0 spiro atoms. The molecule has 4 rings (SSSR count). The Labute approximate surface area is 182 Å². The maximum atomic E-state index is 13.8. The third-order valence-corrected chi connectivity index (χ3v) is 6.53. The predicted molar refractivity (Wildman–Crippen MR) is 116 cm³/mol. The Morgan fingerprint density at radius 3 is 2.87 bits per heavy atom. The first-order chi connectivity index (χ1) is 15.0. The van der Waals surface area contributed by atoms with E-state index >= 15 is 0 Å². The Bertz CT molecular complexity index is 977. The number of carbonyl (C=O) groups is 2. The maximum Gasteiger partial charge on any atom is 0.220 e. The van der Waals surface area contributed by atoms with Crippen LogP contribution in [0.4, 0.5) is 4.39 Å². The zero-order valence-electron chi connectivity index (χ0n) is 17.9. The minimum Gasteiger partial charge on any atom is -0.494 e. The average molecular weight is 425 g/mol. The summed E-state index contributed by atoms with van der Waals surface area (Å²) >= 11 is 0. The summed E-state index contributed by atoms with van der Waals surface area (Å²) in [6.07, 6.45) is 5.57. The van der Waals surface area contributed by atoms with E-state index in [-0.39, 0.29) is 23.6 Å². The maximum absolute atomic E-state index is 13.8. The van der Waals surface area contributed by atoms with Gasteiger partial charge in [0.2, 0.25) is 11.8 Å². The van der Waals surface area contributed by atoms with Crippen molar-refractivity contribution in [2.45, 2.75) is 62.9 Å². The van der Waals surface area contributed by atoms with Crippen LogP contribution in [0.5, 0.6) is 5.75 Å². The van der Waals surface area contributed by atoms with Gasteiger partial charge in [0, 0.05) is 18.4 Å². The van der Waals surface area contributed by atoms with Crippen molar-refractivity contribution in [3.05, 3.63) is 65.0 Å². The van der Waals surface area contributed by atoms with Crippen molar-refractivity contribution in [1.29, 1.82) is 0 Å². The molecule has 2 atom stereocenters. The summed E-state index contributed by atoms with van der Waals surface area (Å²) in [7, 11) is 1.43. The van der Waals surface area contributed by atoms with E-state index in [1.54, 1.807) is 12.1 Å². The van der Waals surface area contributed by atoms with Crippen LogP contribution in [0, 0.1) is 5.82 Å². The fourth-order valence-corrected chi connectivity index (χ4v) is 4.91. The largest absolute Gasteiger partial charge is 0.494 e. The van der Waals surface area contributed by atoms with Crippen LogP contribution in [0.15, 0.2) is 42.5 Å². The number of amides is 2. The van der Waals surface area contributed by atoms with Crippen LogP contribution in [0.1, 0.15) is 61.3 Å². The monoisotopic (exact) mass is 424 g/mol. The van der Waals surface area contributed by atoms with E-state index in [4.69, 9.17) is 4.74 Å². The summed E-state index contributed by atoms with van der Waals surface area (Å²) < 4.78 is 18.9. The molecule has 1 saturated heterocycles. The Hall–Kier alpha value is -2.89. The fourth-order valence-electron chi connectivity index (χ4n) is 4.91. The van der Waals surface area contributed by atoms with Crippen molar-refractivity contribution in [2.75, 3.05) is 7.11 Å². The van der Waals surface area contributed by atoms with Gasteiger partial charge in [0.25, 0.3) is 0 Å². The van der Waals surface area contributed by atoms with Crippen LogP contribution in [0.2, 0.25) is 0 Å². The first-order valence-corrected chi connectivity index (χ1v) is 11.0. The molecule has 6 heteroatoms. The van der Waals surface area contributed by atoms with Gasteiger partial charge in [-0.15, -0.1) is 0 Å². The summed E-state index contributed by atoms with van der Waals surface area (Å²) in [4.78, 5) is 24.8. The van der Waals surface area contributed by atoms with Crippen molar-refractivity contribution >= 4 is 11.8 Å². The van der Waals surface area contributed by atoms with E-state index in [0.29, 0.717) is 32.1 Å². The van der Waals surface area contributed by atoms with Gasteiger partial charge in [-0.25, -0.2) is 4.39 Å². The molecule has 1 fully saturated rings. The quantitative estimate of drug-likeness (QED) is 0.706. The van der Waals surface area contributed by atoms with Gasteiger partial charge >= 0.3 is 0 Å². The second kappa shape index (κ2) is 9.08. The van der Waals surface area contributed by atoms with Crippen molar-refractivity contribution in [1.82, 2.24) is 10.6 Å². The van der Waals surface area contributed by atoms with E-state index < -0.39 is 11.4 Å². The normalized spacial score (nSPS) is 22.5. The van der Waals surface area contributed by atoms with Crippen LogP contribution in [0.3, 0.4) is 0 Å². The molecule has 0 saturated carbocycles. The zero-order chi connectivity index (χ0) is 21.8. The number of methoxy groups -OCH3 is 1. The SMILES string of the molecule is COc1cc(C[C@]2(CCC(=O)N[C@H]3CCCc4ccccc43)CCC(=O)N2)ccc1F. The highest BCUT2D eigenvalue weighted by Gasteiger charge is 2.38. The lowest BCUT2D eigenvalue weighted by Gasteiger charge is -2.30. The molecule has 2 aromatic carbocycles. The third kappa shape index (κ3) is 4.89. The second-order valence-electron chi connectivity index (χ2n) is 8.69. The van der Waals surface area contributed by atoms with E-state index in [0.717, 1.165) is 24.8 Å². The van der Waals surface area contributed by atoms with Crippen LogP contribution in [-0.2, 0) is 22.4 Å². The van der Waals surface area contributed by atoms with Crippen LogP contribution in [0.25, 0.3) is 0 Å². The molecule has 164 valence electrons. The molecule has 31 heavy (non-hydrogen) atoms. The molecule has 2 aromatic rings. The van der Waals surface area contributed by atoms with E-state index in [2.05, 4.69) is 22.8 Å². The summed E-state index contributed by atoms with van der Waals surface area (Å²) in [6.45, 7) is 0. The number of fused-ring (bicyclic) bond motifs is 1. The van der Waals surface area contributed by atoms with Gasteiger partial charge < -0.3 is 15.4 Å². The second-order valence-corrected chi connectivity index (χ2v) is 8.69. The minimum absolute atomic E-state index is 0.00101. The lowest BCUT2D eigenvalue weighted by molar-refractivity contribution is -0.123. The number of carbonyl (C=O) groups excluding carboxylic acids is 2. The standard InChI is InChI=1S/C25H29FN2O3/c1-31-22-15-17(9-10-20(22)26)16-25(14-12-24(30)28-25)13-11-23(29)27-21-8-4-6-18-5-2-3-7-19(18)21/h2-3,5,7,9-10,15,21H,4,6,8,11-14,16H2,1H3,(H,27,29)(H,28,30)/t21-,25-/m0/s1. The van der Waals surface area contributed by atoms with Crippen LogP contribution < -0.4 is 15.4 Å². The third-order valence-electron chi connectivity index (χ3n) is 6.53. The molecule has 2 aliphatic rings. The van der Waals surface area contributed by atoms with Crippen LogP contribution in [-0.4, -0.2) is 24.5 Å². The fraction of sp³-hybridized carbons (Fsp3) is 0.440. The Morgan fingerprint density at radius 2 is 2.10 bits per heavy atom. The Kier molecular flexibility index (Phi) is 6.25. The first kappa shape index (κ1) is 21.3. The van der Waals surface area contributed by atoms with E-state index in [9.17, 15) is 14.0 Å². The van der Waals surface area contributed by atoms with Gasteiger partial charge in [-0.3, -0.25) is 9.59 Å². The molecule has 2 amide bonds. The molecule has 0 radical (unpaired) electrons. The van der Waals surface area contributed by atoms with Crippen LogP contribution >= 0.6 is 0 Å². The molecule has 1 heterocycles. The van der Waals surface area contributed by atoms with E-state index in [1.807, 2.05) is 12.1 Å². The van der Waals surface area contributed by atoms with Gasteiger partial charge in [0.15, 0.2) is 11.6 Å². The Balaban J connectivity index is 1.42.